The van der Waals surface area contributed by atoms with Gasteiger partial charge in [-0.1, -0.05) is 0 Å². The molecular weight excluding hydrogens is 328 g/mol. The van der Waals surface area contributed by atoms with Gasteiger partial charge in [-0.05, 0) is 0 Å². The first-order chi connectivity index (χ1) is 11.4. The predicted octanol–water partition coefficient (Wildman–Crippen LogP) is 4.05. The molecule has 4 heteroatoms. The van der Waals surface area contributed by atoms with E-state index in [0.717, 1.165) is 33.4 Å². The molecule has 0 fully saturated rings. The summed E-state index contributed by atoms with van der Waals surface area (Å²) in [7, 11) is -2.65. The fourth-order valence-electron chi connectivity index (χ4n) is 4.04. The van der Waals surface area contributed by atoms with Crippen molar-refractivity contribution in [3.05, 3.63) is 77.6 Å². The number of halogens is 3. The molecule has 0 unspecified atom stereocenters. The Morgan fingerprint density at radius 3 is 2.12 bits per heavy atom. The average molecular weight is 344 g/mol. The summed E-state index contributed by atoms with van der Waals surface area (Å²) in [5.74, 6) is -1.43. The molecule has 0 amide bonds. The van der Waals surface area contributed by atoms with Crippen molar-refractivity contribution in [1.82, 2.24) is 0 Å². The molecule has 0 saturated heterocycles. The van der Waals surface area contributed by atoms with E-state index in [1.165, 1.54) is 18.2 Å². The van der Waals surface area contributed by atoms with Crippen LogP contribution >= 0.6 is 7.26 Å². The zero-order chi connectivity index (χ0) is 17.1. The van der Waals surface area contributed by atoms with Gasteiger partial charge in [0, 0.05) is 0 Å². The average Bonchev–Trinajstić information content (AvgIpc) is 2.78. The van der Waals surface area contributed by atoms with Crippen molar-refractivity contribution in [3.63, 3.8) is 0 Å². The van der Waals surface area contributed by atoms with Crippen LogP contribution in [0.5, 0.6) is 0 Å². The van der Waals surface area contributed by atoms with Gasteiger partial charge in [-0.15, -0.1) is 0 Å². The molecule has 0 N–H and O–H groups in total. The summed E-state index contributed by atoms with van der Waals surface area (Å²) >= 11 is 0. The first-order valence-electron chi connectivity index (χ1n) is 7.79. The van der Waals surface area contributed by atoms with Crippen LogP contribution in [-0.4, -0.2) is 6.66 Å². The molecule has 1 aliphatic heterocycles. The van der Waals surface area contributed by atoms with Crippen LogP contribution in [0.25, 0.3) is 11.1 Å². The zero-order valence-corrected chi connectivity index (χ0v) is 14.3. The molecule has 0 saturated carbocycles. The summed E-state index contributed by atoms with van der Waals surface area (Å²) in [6.45, 7) is 4.05. The van der Waals surface area contributed by atoms with Gasteiger partial charge in [-0.25, -0.2) is 0 Å². The van der Waals surface area contributed by atoms with Crippen LogP contribution in [0, 0.1) is 24.4 Å². The van der Waals surface area contributed by atoms with E-state index in [1.54, 1.807) is 12.1 Å². The summed E-state index contributed by atoms with van der Waals surface area (Å²) in [4.78, 5) is 0. The van der Waals surface area contributed by atoms with Gasteiger partial charge in [0.1, 0.15) is 0 Å². The SMILES string of the molecule is Cc1cccc2c1[PH](C)(c1ccc(F)cc1F)c1ccc(F)cc1-2. The Hall–Kier alpha value is -2.12. The van der Waals surface area contributed by atoms with Crippen molar-refractivity contribution < 1.29 is 13.2 Å². The van der Waals surface area contributed by atoms with Crippen molar-refractivity contribution >= 4 is 23.2 Å². The Morgan fingerprint density at radius 1 is 0.750 bits per heavy atom. The molecular formula is C20H16F3P. The summed E-state index contributed by atoms with van der Waals surface area (Å²) < 4.78 is 41.9. The van der Waals surface area contributed by atoms with Crippen LogP contribution in [0.4, 0.5) is 13.2 Å². The summed E-state index contributed by atoms with van der Waals surface area (Å²) in [6, 6.07) is 14.4. The zero-order valence-electron chi connectivity index (χ0n) is 13.3. The Morgan fingerprint density at radius 2 is 1.42 bits per heavy atom. The number of fused-ring (bicyclic) bond motifs is 3. The van der Waals surface area contributed by atoms with Gasteiger partial charge in [0.15, 0.2) is 0 Å². The minimum atomic E-state index is -2.65. The van der Waals surface area contributed by atoms with Crippen molar-refractivity contribution in [2.45, 2.75) is 6.92 Å². The molecule has 0 aromatic heterocycles. The van der Waals surface area contributed by atoms with E-state index in [2.05, 4.69) is 6.66 Å². The molecule has 0 atom stereocenters. The van der Waals surface area contributed by atoms with E-state index >= 15 is 0 Å². The Balaban J connectivity index is 2.13. The normalized spacial score (nSPS) is 15.7. The van der Waals surface area contributed by atoms with Gasteiger partial charge in [0.05, 0.1) is 0 Å². The van der Waals surface area contributed by atoms with Crippen LogP contribution in [0.2, 0.25) is 0 Å². The molecule has 122 valence electrons. The Labute approximate surface area is 139 Å². The second kappa shape index (κ2) is 5.19. The van der Waals surface area contributed by atoms with Crippen molar-refractivity contribution in [2.75, 3.05) is 6.66 Å². The van der Waals surface area contributed by atoms with Crippen LogP contribution in [-0.2, 0) is 0 Å². The Kier molecular flexibility index (Phi) is 3.33. The maximum absolute atomic E-state index is 14.7. The number of aryl methyl sites for hydroxylation is 1. The molecule has 0 aliphatic carbocycles. The van der Waals surface area contributed by atoms with Gasteiger partial charge in [-0.2, -0.15) is 0 Å². The van der Waals surface area contributed by atoms with Crippen LogP contribution in [0.3, 0.4) is 0 Å². The molecule has 0 nitrogen and oxygen atoms in total. The molecule has 3 aromatic rings. The van der Waals surface area contributed by atoms with E-state index in [9.17, 15) is 13.2 Å². The topological polar surface area (TPSA) is 0 Å². The summed E-state index contributed by atoms with van der Waals surface area (Å²) in [5.41, 5.74) is 2.84. The monoisotopic (exact) mass is 344 g/mol. The quantitative estimate of drug-likeness (QED) is 0.584. The fourth-order valence-corrected chi connectivity index (χ4v) is 8.63. The molecule has 1 aliphatic rings. The number of benzene rings is 3. The maximum atomic E-state index is 14.7. The third-order valence-electron chi connectivity index (χ3n) is 5.05. The predicted molar refractivity (Wildman–Crippen MR) is 96.1 cm³/mol. The van der Waals surface area contributed by atoms with Gasteiger partial charge in [-0.3, -0.25) is 0 Å². The van der Waals surface area contributed by atoms with E-state index in [-0.39, 0.29) is 5.82 Å². The molecule has 0 radical (unpaired) electrons. The van der Waals surface area contributed by atoms with Crippen molar-refractivity contribution in [2.24, 2.45) is 0 Å². The van der Waals surface area contributed by atoms with E-state index in [1.807, 2.05) is 25.1 Å². The molecule has 0 bridgehead atoms. The third kappa shape index (κ3) is 1.98. The minimum absolute atomic E-state index is 0.306. The van der Waals surface area contributed by atoms with Gasteiger partial charge in [0.25, 0.3) is 0 Å². The fraction of sp³-hybridized carbons (Fsp3) is 0.100. The van der Waals surface area contributed by atoms with Crippen LogP contribution in [0.1, 0.15) is 5.56 Å². The summed E-state index contributed by atoms with van der Waals surface area (Å²) in [6.07, 6.45) is 0. The molecule has 4 rings (SSSR count). The molecule has 3 aromatic carbocycles. The first-order valence-corrected chi connectivity index (χ1v) is 10.3. The van der Waals surface area contributed by atoms with E-state index in [0.29, 0.717) is 5.30 Å². The number of hydrogen-bond acceptors (Lipinski definition) is 0. The number of rotatable bonds is 1. The standard InChI is InChI=1S/C20H16F3P/c1-12-4-3-5-15-16-10-13(21)6-8-18(16)24(2,20(12)15)19-9-7-14(22)11-17(19)23/h3-11,24H,1-2H3. The third-order valence-corrected chi connectivity index (χ3v) is 9.71. The van der Waals surface area contributed by atoms with E-state index < -0.39 is 18.9 Å². The molecule has 1 heterocycles. The summed E-state index contributed by atoms with van der Waals surface area (Å²) in [5, 5.41) is 2.58. The number of hydrogen-bond donors (Lipinski definition) is 0. The van der Waals surface area contributed by atoms with Crippen molar-refractivity contribution in [3.8, 4) is 11.1 Å². The molecule has 0 spiro atoms. The van der Waals surface area contributed by atoms with Gasteiger partial charge >= 0.3 is 139 Å². The van der Waals surface area contributed by atoms with E-state index in [4.69, 9.17) is 0 Å². The first kappa shape index (κ1) is 15.4. The second-order valence-corrected chi connectivity index (χ2v) is 10.3. The van der Waals surface area contributed by atoms with Crippen LogP contribution in [0.15, 0.2) is 54.6 Å². The van der Waals surface area contributed by atoms with Gasteiger partial charge in [0.2, 0.25) is 0 Å². The Bertz CT molecular complexity index is 981. The van der Waals surface area contributed by atoms with Crippen LogP contribution < -0.4 is 15.9 Å². The second-order valence-electron chi connectivity index (χ2n) is 6.44. The van der Waals surface area contributed by atoms with Gasteiger partial charge < -0.3 is 0 Å². The molecule has 24 heavy (non-hydrogen) atoms. The van der Waals surface area contributed by atoms with Crippen molar-refractivity contribution in [1.29, 1.82) is 0 Å².